The van der Waals surface area contributed by atoms with Crippen LogP contribution in [0, 0.1) is 5.82 Å². The van der Waals surface area contributed by atoms with E-state index in [1.165, 1.54) is 6.07 Å². The summed E-state index contributed by atoms with van der Waals surface area (Å²) in [5.74, 6) is -0.228. The highest BCUT2D eigenvalue weighted by Gasteiger charge is 2.07. The molecule has 0 saturated carbocycles. The fourth-order valence-corrected chi connectivity index (χ4v) is 2.45. The largest absolute Gasteiger partial charge is 0.326 e. The number of rotatable bonds is 5. The predicted molar refractivity (Wildman–Crippen MR) is 80.9 cm³/mol. The molecule has 0 aliphatic heterocycles. The molecule has 20 heavy (non-hydrogen) atoms. The first-order valence-electron chi connectivity index (χ1n) is 6.49. The first-order chi connectivity index (χ1) is 9.58. The molecule has 0 aliphatic carbocycles. The van der Waals surface area contributed by atoms with Gasteiger partial charge in [-0.1, -0.05) is 29.8 Å². The van der Waals surface area contributed by atoms with Gasteiger partial charge >= 0.3 is 0 Å². The molecule has 0 fully saturated rings. The third-order valence-electron chi connectivity index (χ3n) is 3.17. The summed E-state index contributed by atoms with van der Waals surface area (Å²) in [4.78, 5) is 2.11. The van der Waals surface area contributed by atoms with Crippen molar-refractivity contribution in [1.29, 1.82) is 0 Å². The molecule has 2 nitrogen and oxygen atoms in total. The van der Waals surface area contributed by atoms with Crippen LogP contribution in [0.2, 0.25) is 5.02 Å². The molecule has 4 heteroatoms. The molecule has 0 radical (unpaired) electrons. The minimum atomic E-state index is -0.228. The van der Waals surface area contributed by atoms with Gasteiger partial charge in [0.15, 0.2) is 0 Å². The van der Waals surface area contributed by atoms with Crippen LogP contribution in [0.15, 0.2) is 42.5 Å². The van der Waals surface area contributed by atoms with E-state index in [0.717, 1.165) is 28.3 Å². The van der Waals surface area contributed by atoms with E-state index < -0.39 is 0 Å². The van der Waals surface area contributed by atoms with Gasteiger partial charge in [-0.2, -0.15) is 0 Å². The van der Waals surface area contributed by atoms with Gasteiger partial charge in [0.25, 0.3) is 0 Å². The van der Waals surface area contributed by atoms with Crippen molar-refractivity contribution in [2.45, 2.75) is 19.6 Å². The Morgan fingerprint density at radius 3 is 2.60 bits per heavy atom. The Bertz CT molecular complexity index is 586. The number of benzene rings is 2. The van der Waals surface area contributed by atoms with Gasteiger partial charge in [-0.15, -0.1) is 0 Å². The second kappa shape index (κ2) is 6.84. The maximum Gasteiger partial charge on any atom is 0.123 e. The Hall–Kier alpha value is -1.42. The average Bonchev–Trinajstić information content (AvgIpc) is 2.38. The van der Waals surface area contributed by atoms with Gasteiger partial charge in [-0.05, 0) is 48.0 Å². The van der Waals surface area contributed by atoms with Crippen molar-refractivity contribution in [3.05, 3.63) is 70.0 Å². The highest BCUT2D eigenvalue weighted by molar-refractivity contribution is 6.30. The maximum absolute atomic E-state index is 13.3. The fraction of sp³-hybridized carbons (Fsp3) is 0.250. The van der Waals surface area contributed by atoms with Crippen molar-refractivity contribution in [3.63, 3.8) is 0 Å². The molecule has 2 rings (SSSR count). The van der Waals surface area contributed by atoms with Gasteiger partial charge in [0.05, 0.1) is 0 Å². The summed E-state index contributed by atoms with van der Waals surface area (Å²) >= 11 is 5.97. The normalized spacial score (nSPS) is 11.1. The Balaban J connectivity index is 2.08. The van der Waals surface area contributed by atoms with Gasteiger partial charge in [-0.25, -0.2) is 4.39 Å². The molecule has 0 unspecified atom stereocenters. The Morgan fingerprint density at radius 2 is 1.90 bits per heavy atom. The third kappa shape index (κ3) is 4.04. The lowest BCUT2D eigenvalue weighted by Gasteiger charge is -2.19. The lowest BCUT2D eigenvalue weighted by atomic mass is 10.1. The standard InChI is InChI=1S/C16H18ClFN2/c1-20(10-12-3-2-4-15(17)7-12)11-14-8-16(18)6-5-13(14)9-19/h2-8H,9-11,19H2,1H3. The van der Waals surface area contributed by atoms with E-state index in [9.17, 15) is 4.39 Å². The lowest BCUT2D eigenvalue weighted by Crippen LogP contribution is -2.19. The van der Waals surface area contributed by atoms with Gasteiger partial charge in [0, 0.05) is 24.7 Å². The van der Waals surface area contributed by atoms with Crippen LogP contribution >= 0.6 is 11.6 Å². The molecule has 0 saturated heterocycles. The lowest BCUT2D eigenvalue weighted by molar-refractivity contribution is 0.317. The van der Waals surface area contributed by atoms with Crippen molar-refractivity contribution in [2.24, 2.45) is 5.73 Å². The molecule has 2 aromatic carbocycles. The average molecular weight is 293 g/mol. The van der Waals surface area contributed by atoms with Gasteiger partial charge in [0.1, 0.15) is 5.82 Å². The van der Waals surface area contributed by atoms with Crippen LogP contribution in [-0.4, -0.2) is 11.9 Å². The maximum atomic E-state index is 13.3. The first kappa shape index (κ1) is 15.0. The minimum absolute atomic E-state index is 0.228. The quantitative estimate of drug-likeness (QED) is 0.913. The highest BCUT2D eigenvalue weighted by atomic mass is 35.5. The second-order valence-electron chi connectivity index (χ2n) is 4.92. The summed E-state index contributed by atoms with van der Waals surface area (Å²) in [7, 11) is 1.99. The van der Waals surface area contributed by atoms with E-state index in [1.807, 2.05) is 31.3 Å². The minimum Gasteiger partial charge on any atom is -0.326 e. The number of nitrogens with two attached hydrogens (primary N) is 1. The van der Waals surface area contributed by atoms with Crippen LogP contribution in [0.4, 0.5) is 4.39 Å². The van der Waals surface area contributed by atoms with E-state index in [0.29, 0.717) is 13.1 Å². The molecule has 0 aliphatic rings. The van der Waals surface area contributed by atoms with Crippen molar-refractivity contribution in [2.75, 3.05) is 7.05 Å². The molecule has 0 bridgehead atoms. The van der Waals surface area contributed by atoms with E-state index in [-0.39, 0.29) is 5.82 Å². The molecule has 0 aromatic heterocycles. The SMILES string of the molecule is CN(Cc1cccc(Cl)c1)Cc1cc(F)ccc1CN. The van der Waals surface area contributed by atoms with Crippen LogP contribution in [-0.2, 0) is 19.6 Å². The zero-order valence-electron chi connectivity index (χ0n) is 11.4. The smallest absolute Gasteiger partial charge is 0.123 e. The highest BCUT2D eigenvalue weighted by Crippen LogP contribution is 2.16. The molecule has 0 amide bonds. The van der Waals surface area contributed by atoms with Crippen LogP contribution in [0.1, 0.15) is 16.7 Å². The second-order valence-corrected chi connectivity index (χ2v) is 5.36. The number of hydrogen-bond donors (Lipinski definition) is 1. The van der Waals surface area contributed by atoms with Crippen molar-refractivity contribution in [1.82, 2.24) is 4.90 Å². The summed E-state index contributed by atoms with van der Waals surface area (Å²) in [5.41, 5.74) is 8.72. The summed E-state index contributed by atoms with van der Waals surface area (Å²) in [5, 5.41) is 0.726. The van der Waals surface area contributed by atoms with E-state index in [2.05, 4.69) is 4.90 Å². The molecular formula is C16H18ClFN2. The number of hydrogen-bond acceptors (Lipinski definition) is 2. The summed E-state index contributed by atoms with van der Waals surface area (Å²) in [6, 6.07) is 12.5. The van der Waals surface area contributed by atoms with Crippen LogP contribution in [0.5, 0.6) is 0 Å². The monoisotopic (exact) mass is 292 g/mol. The zero-order chi connectivity index (χ0) is 14.5. The molecule has 0 spiro atoms. The van der Waals surface area contributed by atoms with E-state index in [4.69, 9.17) is 17.3 Å². The Labute approximate surface area is 124 Å². The summed E-state index contributed by atoms with van der Waals surface area (Å²) in [6.45, 7) is 1.82. The number of nitrogens with zero attached hydrogens (tertiary/aromatic N) is 1. The molecular weight excluding hydrogens is 275 g/mol. The molecule has 106 valence electrons. The van der Waals surface area contributed by atoms with Crippen LogP contribution in [0.3, 0.4) is 0 Å². The molecule has 2 N–H and O–H groups in total. The molecule has 2 aromatic rings. The van der Waals surface area contributed by atoms with Crippen LogP contribution < -0.4 is 5.73 Å². The Kier molecular flexibility index (Phi) is 5.12. The van der Waals surface area contributed by atoms with E-state index >= 15 is 0 Å². The molecule has 0 atom stereocenters. The topological polar surface area (TPSA) is 29.3 Å². The van der Waals surface area contributed by atoms with E-state index in [1.54, 1.807) is 12.1 Å². The van der Waals surface area contributed by atoms with Gasteiger partial charge in [-0.3, -0.25) is 4.90 Å². The first-order valence-corrected chi connectivity index (χ1v) is 6.86. The summed E-state index contributed by atoms with van der Waals surface area (Å²) in [6.07, 6.45) is 0. The third-order valence-corrected chi connectivity index (χ3v) is 3.41. The van der Waals surface area contributed by atoms with Crippen molar-refractivity contribution < 1.29 is 4.39 Å². The fourth-order valence-electron chi connectivity index (χ4n) is 2.23. The summed E-state index contributed by atoms with van der Waals surface area (Å²) < 4.78 is 13.3. The number of halogens is 2. The molecule has 0 heterocycles. The van der Waals surface area contributed by atoms with Crippen LogP contribution in [0.25, 0.3) is 0 Å². The van der Waals surface area contributed by atoms with Gasteiger partial charge < -0.3 is 5.73 Å². The van der Waals surface area contributed by atoms with Crippen molar-refractivity contribution >= 4 is 11.6 Å². The Morgan fingerprint density at radius 1 is 1.10 bits per heavy atom. The zero-order valence-corrected chi connectivity index (χ0v) is 12.2. The predicted octanol–water partition coefficient (Wildman–Crippen LogP) is 3.57. The van der Waals surface area contributed by atoms with Gasteiger partial charge in [0.2, 0.25) is 0 Å². The van der Waals surface area contributed by atoms with Crippen molar-refractivity contribution in [3.8, 4) is 0 Å².